The van der Waals surface area contributed by atoms with Gasteiger partial charge in [0.25, 0.3) is 0 Å². The fraction of sp³-hybridized carbons (Fsp3) is 0.107. The van der Waals surface area contributed by atoms with Gasteiger partial charge in [-0.1, -0.05) is 54.6 Å². The summed E-state index contributed by atoms with van der Waals surface area (Å²) in [4.78, 5) is 13.7. The molecule has 0 radical (unpaired) electrons. The second kappa shape index (κ2) is 8.21. The van der Waals surface area contributed by atoms with E-state index < -0.39 is 13.4 Å². The molecule has 35 heavy (non-hydrogen) atoms. The molecule has 0 aliphatic carbocycles. The molecule has 6 nitrogen and oxygen atoms in total. The molecule has 0 saturated carbocycles. The Bertz CT molecular complexity index is 1680. The number of benzene rings is 5. The van der Waals surface area contributed by atoms with Gasteiger partial charge >= 0.3 is 7.60 Å². The van der Waals surface area contributed by atoms with E-state index in [4.69, 9.17) is 18.5 Å². The Morgan fingerprint density at radius 1 is 0.829 bits per heavy atom. The fourth-order valence-electron chi connectivity index (χ4n) is 4.76. The first-order valence-corrected chi connectivity index (χ1v) is 12.6. The van der Waals surface area contributed by atoms with Crippen molar-refractivity contribution in [3.05, 3.63) is 89.2 Å². The Balaban J connectivity index is 1.58. The lowest BCUT2D eigenvalue weighted by Crippen LogP contribution is -2.07. The zero-order valence-electron chi connectivity index (χ0n) is 19.1. The summed E-state index contributed by atoms with van der Waals surface area (Å²) in [6.07, 6.45) is 1.62. The van der Waals surface area contributed by atoms with E-state index in [1.165, 1.54) is 14.2 Å². The highest BCUT2D eigenvalue weighted by atomic mass is 31.2. The molecular weight excluding hydrogens is 463 g/mol. The van der Waals surface area contributed by atoms with Crippen molar-refractivity contribution in [2.45, 2.75) is 0 Å². The van der Waals surface area contributed by atoms with E-state index >= 15 is 0 Å². The van der Waals surface area contributed by atoms with Crippen LogP contribution in [0.15, 0.2) is 78.1 Å². The number of fused-ring (bicyclic) bond motifs is 1. The molecule has 0 N–H and O–H groups in total. The van der Waals surface area contributed by atoms with E-state index in [9.17, 15) is 9.36 Å². The van der Waals surface area contributed by atoms with Gasteiger partial charge in [-0.2, -0.15) is 0 Å². The van der Waals surface area contributed by atoms with Crippen LogP contribution in [0.25, 0.3) is 38.4 Å². The Labute approximate surface area is 201 Å². The summed E-state index contributed by atoms with van der Waals surface area (Å²) in [6.45, 7) is 0.0903. The number of rotatable bonds is 6. The molecule has 0 unspecified atom stereocenters. The summed E-state index contributed by atoms with van der Waals surface area (Å²) >= 11 is 0. The highest BCUT2D eigenvalue weighted by molar-refractivity contribution is 7.60. The molecule has 174 valence electrons. The monoisotopic (exact) mass is 484 g/mol. The molecule has 0 fully saturated rings. The normalized spacial score (nSPS) is 13.8. The Morgan fingerprint density at radius 2 is 1.49 bits per heavy atom. The van der Waals surface area contributed by atoms with E-state index in [1.807, 2.05) is 24.3 Å². The lowest BCUT2D eigenvalue weighted by molar-refractivity contribution is 0.103. The third kappa shape index (κ3) is 3.41. The SMILES string of the molecule is COP(=O)(OC)/C(=C/c1ccc2ccc3cccc4ccc1c2c34)C(=O)c1ccc2c(c1)OCO2. The molecule has 0 spiro atoms. The van der Waals surface area contributed by atoms with Crippen molar-refractivity contribution in [1.82, 2.24) is 0 Å². The maximum atomic E-state index is 13.7. The van der Waals surface area contributed by atoms with Crippen LogP contribution in [0.4, 0.5) is 0 Å². The van der Waals surface area contributed by atoms with Crippen molar-refractivity contribution in [2.75, 3.05) is 21.0 Å². The Morgan fingerprint density at radius 3 is 2.23 bits per heavy atom. The number of Topliss-reactive ketones (excluding diaryl/α,β-unsaturated/α-hetero) is 1. The van der Waals surface area contributed by atoms with Crippen molar-refractivity contribution < 1.29 is 27.9 Å². The van der Waals surface area contributed by atoms with Crippen molar-refractivity contribution in [3.8, 4) is 11.5 Å². The van der Waals surface area contributed by atoms with Gasteiger partial charge in [-0.15, -0.1) is 0 Å². The minimum absolute atomic E-state index is 0.0589. The molecule has 0 aromatic heterocycles. The third-order valence-electron chi connectivity index (χ3n) is 6.50. The predicted octanol–water partition coefficient (Wildman–Crippen LogP) is 7.02. The van der Waals surface area contributed by atoms with E-state index in [0.717, 1.165) is 37.9 Å². The summed E-state index contributed by atoms with van der Waals surface area (Å²) in [7, 11) is -1.36. The number of carbonyl (C=O) groups is 1. The maximum absolute atomic E-state index is 13.7. The van der Waals surface area contributed by atoms with Gasteiger partial charge in [-0.3, -0.25) is 9.36 Å². The predicted molar refractivity (Wildman–Crippen MR) is 137 cm³/mol. The van der Waals surface area contributed by atoms with Crippen LogP contribution < -0.4 is 9.47 Å². The second-order valence-electron chi connectivity index (χ2n) is 8.30. The van der Waals surface area contributed by atoms with E-state index in [0.29, 0.717) is 17.1 Å². The fourth-order valence-corrected chi connectivity index (χ4v) is 5.97. The zero-order valence-corrected chi connectivity index (χ0v) is 20.0. The van der Waals surface area contributed by atoms with Gasteiger partial charge in [0.2, 0.25) is 12.6 Å². The topological polar surface area (TPSA) is 71.1 Å². The van der Waals surface area contributed by atoms with Gasteiger partial charge < -0.3 is 18.5 Å². The molecule has 1 heterocycles. The summed E-state index contributed by atoms with van der Waals surface area (Å²) < 4.78 is 34.9. The van der Waals surface area contributed by atoms with Gasteiger partial charge in [0.05, 0.1) is 0 Å². The van der Waals surface area contributed by atoms with Gasteiger partial charge in [-0.05, 0) is 62.2 Å². The summed E-state index contributed by atoms with van der Waals surface area (Å²) in [5.74, 6) is 0.546. The number of ketones is 1. The third-order valence-corrected chi connectivity index (χ3v) is 8.38. The summed E-state index contributed by atoms with van der Waals surface area (Å²) in [6, 6.07) is 23.3. The highest BCUT2D eigenvalue weighted by Gasteiger charge is 2.34. The molecule has 5 aromatic rings. The first kappa shape index (κ1) is 21.8. The number of hydrogen-bond donors (Lipinski definition) is 0. The number of ether oxygens (including phenoxy) is 2. The van der Waals surface area contributed by atoms with Crippen LogP contribution in [-0.2, 0) is 13.6 Å². The van der Waals surface area contributed by atoms with Gasteiger partial charge in [0, 0.05) is 19.8 Å². The van der Waals surface area contributed by atoms with Crippen LogP contribution in [0.1, 0.15) is 15.9 Å². The van der Waals surface area contributed by atoms with Gasteiger partial charge in [0.1, 0.15) is 5.31 Å². The first-order chi connectivity index (χ1) is 17.0. The molecule has 1 aliphatic heterocycles. The minimum atomic E-state index is -3.91. The van der Waals surface area contributed by atoms with Gasteiger partial charge in [-0.25, -0.2) is 0 Å². The van der Waals surface area contributed by atoms with Crippen molar-refractivity contribution in [2.24, 2.45) is 0 Å². The molecule has 7 heteroatoms. The van der Waals surface area contributed by atoms with E-state index in [1.54, 1.807) is 24.3 Å². The van der Waals surface area contributed by atoms with Crippen LogP contribution in [-0.4, -0.2) is 26.8 Å². The van der Waals surface area contributed by atoms with Crippen LogP contribution in [0.3, 0.4) is 0 Å². The molecule has 1 aliphatic rings. The first-order valence-electron chi connectivity index (χ1n) is 11.1. The number of allylic oxidation sites excluding steroid dienone is 1. The molecular formula is C28H21O6P. The lowest BCUT2D eigenvalue weighted by Gasteiger charge is -2.18. The van der Waals surface area contributed by atoms with Crippen molar-refractivity contribution in [1.29, 1.82) is 0 Å². The van der Waals surface area contributed by atoms with E-state index in [-0.39, 0.29) is 12.1 Å². The lowest BCUT2D eigenvalue weighted by atomic mass is 9.92. The van der Waals surface area contributed by atoms with Crippen molar-refractivity contribution >= 4 is 51.8 Å². The smallest absolute Gasteiger partial charge is 0.364 e. The molecule has 0 bridgehead atoms. The van der Waals surface area contributed by atoms with Crippen molar-refractivity contribution in [3.63, 3.8) is 0 Å². The van der Waals surface area contributed by atoms with Crippen LogP contribution >= 0.6 is 7.60 Å². The number of carbonyl (C=O) groups excluding carboxylic acids is 1. The number of hydrogen-bond acceptors (Lipinski definition) is 6. The molecule has 6 rings (SSSR count). The largest absolute Gasteiger partial charge is 0.454 e. The Hall–Kier alpha value is -3.70. The molecule has 0 atom stereocenters. The average molecular weight is 484 g/mol. The Kier molecular flexibility index (Phi) is 5.11. The van der Waals surface area contributed by atoms with Crippen LogP contribution in [0.5, 0.6) is 11.5 Å². The average Bonchev–Trinajstić information content (AvgIpc) is 3.38. The highest BCUT2D eigenvalue weighted by Crippen LogP contribution is 2.57. The standard InChI is InChI=1S/C28H21O6P/c1-31-35(30,32-2)25(28(29)21-11-13-23-24(14-21)34-16-33-23)15-20-9-8-19-7-6-17-4-3-5-18-10-12-22(20)27(19)26(17)18/h3-15H,16H2,1-2H3/b25-15+. The quantitative estimate of drug-likeness (QED) is 0.112. The molecule has 0 amide bonds. The van der Waals surface area contributed by atoms with Crippen LogP contribution in [0, 0.1) is 0 Å². The molecule has 0 saturated heterocycles. The van der Waals surface area contributed by atoms with Crippen LogP contribution in [0.2, 0.25) is 0 Å². The summed E-state index contributed by atoms with van der Waals surface area (Å²) in [5, 5.41) is 6.50. The minimum Gasteiger partial charge on any atom is -0.454 e. The molecule has 5 aromatic carbocycles. The van der Waals surface area contributed by atoms with Gasteiger partial charge in [0.15, 0.2) is 11.5 Å². The second-order valence-corrected chi connectivity index (χ2v) is 10.5. The van der Waals surface area contributed by atoms with E-state index in [2.05, 4.69) is 30.3 Å². The summed E-state index contributed by atoms with van der Waals surface area (Å²) in [5.41, 5.74) is 1.04. The maximum Gasteiger partial charge on any atom is 0.364 e. The zero-order chi connectivity index (χ0) is 24.2.